The molecule has 24 heavy (non-hydrogen) atoms. The largest absolute Gasteiger partial charge is 0.480 e. The van der Waals surface area contributed by atoms with Crippen molar-refractivity contribution >= 4 is 22.8 Å². The molecule has 2 N–H and O–H groups in total. The van der Waals surface area contributed by atoms with Crippen LogP contribution in [0.3, 0.4) is 0 Å². The highest BCUT2D eigenvalue weighted by atomic mass is 16.4. The molecular formula is C17H19N3O4. The number of carboxylic acids is 1. The predicted molar refractivity (Wildman–Crippen MR) is 87.6 cm³/mol. The number of carboxylic acid groups (broad SMARTS) is 1. The zero-order valence-corrected chi connectivity index (χ0v) is 13.4. The molecule has 1 aliphatic carbocycles. The molecule has 1 amide bonds. The van der Waals surface area contributed by atoms with Crippen LogP contribution in [0, 0.1) is 12.8 Å². The third kappa shape index (κ3) is 3.29. The van der Waals surface area contributed by atoms with Gasteiger partial charge in [-0.1, -0.05) is 12.1 Å². The Morgan fingerprint density at radius 1 is 1.42 bits per heavy atom. The minimum Gasteiger partial charge on any atom is -0.480 e. The van der Waals surface area contributed by atoms with Crippen LogP contribution in [0.25, 0.3) is 10.9 Å². The third-order valence-electron chi connectivity index (χ3n) is 4.31. The number of hydrogen-bond acceptors (Lipinski definition) is 4. The third-order valence-corrected chi connectivity index (χ3v) is 4.31. The fourth-order valence-electron chi connectivity index (χ4n) is 2.78. The highest BCUT2D eigenvalue weighted by Gasteiger charge is 2.37. The van der Waals surface area contributed by atoms with E-state index in [-0.39, 0.29) is 30.3 Å². The van der Waals surface area contributed by atoms with Crippen LogP contribution in [0.1, 0.15) is 24.8 Å². The quantitative estimate of drug-likeness (QED) is 0.825. The van der Waals surface area contributed by atoms with Crippen LogP contribution in [0.4, 0.5) is 0 Å². The molecule has 0 saturated heterocycles. The van der Waals surface area contributed by atoms with E-state index in [4.69, 9.17) is 5.11 Å². The molecule has 0 spiro atoms. The molecule has 1 aliphatic rings. The maximum atomic E-state index is 12.4. The van der Waals surface area contributed by atoms with Crippen LogP contribution in [-0.4, -0.2) is 32.6 Å². The smallest absolute Gasteiger partial charge is 0.326 e. The highest BCUT2D eigenvalue weighted by molar-refractivity contribution is 5.84. The predicted octanol–water partition coefficient (Wildman–Crippen LogP) is 1.07. The molecule has 0 bridgehead atoms. The summed E-state index contributed by atoms with van der Waals surface area (Å²) in [5, 5.41) is 12.2. The standard InChI is InChI=1S/C17H19N3O4/c1-10-3-2-4-12-14(10)18-9-20(16(12)22)8-7-13(21)19-15(17(23)24)11-5-6-11/h2-4,9,11,15H,5-8H2,1H3,(H,19,21)(H,23,24). The first-order chi connectivity index (χ1) is 11.5. The fourth-order valence-corrected chi connectivity index (χ4v) is 2.78. The second-order valence-corrected chi connectivity index (χ2v) is 6.19. The van der Waals surface area contributed by atoms with Crippen LogP contribution >= 0.6 is 0 Å². The number of benzene rings is 1. The van der Waals surface area contributed by atoms with Crippen LogP contribution < -0.4 is 10.9 Å². The number of para-hydroxylation sites is 1. The Labute approximate surface area is 138 Å². The number of hydrogen-bond donors (Lipinski definition) is 2. The first-order valence-corrected chi connectivity index (χ1v) is 7.94. The summed E-state index contributed by atoms with van der Waals surface area (Å²) in [6.45, 7) is 2.05. The average Bonchev–Trinajstić information content (AvgIpc) is 3.37. The van der Waals surface area contributed by atoms with Crippen molar-refractivity contribution in [3.8, 4) is 0 Å². The SMILES string of the molecule is Cc1cccc2c(=O)n(CCC(=O)NC(C(=O)O)C3CC3)cnc12. The normalized spacial score (nSPS) is 15.2. The number of nitrogens with one attached hydrogen (secondary N) is 1. The lowest BCUT2D eigenvalue weighted by Gasteiger charge is -2.14. The van der Waals surface area contributed by atoms with Crippen LogP contribution in [0.5, 0.6) is 0 Å². The number of carbonyl (C=O) groups is 2. The highest BCUT2D eigenvalue weighted by Crippen LogP contribution is 2.32. The summed E-state index contributed by atoms with van der Waals surface area (Å²) >= 11 is 0. The fraction of sp³-hybridized carbons (Fsp3) is 0.412. The van der Waals surface area contributed by atoms with Crippen molar-refractivity contribution in [3.05, 3.63) is 40.4 Å². The van der Waals surface area contributed by atoms with Gasteiger partial charge >= 0.3 is 5.97 Å². The summed E-state index contributed by atoms with van der Waals surface area (Å²) in [5.41, 5.74) is 1.37. The second-order valence-electron chi connectivity index (χ2n) is 6.19. The monoisotopic (exact) mass is 329 g/mol. The van der Waals surface area contributed by atoms with E-state index in [1.165, 1.54) is 10.9 Å². The molecule has 3 rings (SSSR count). The Hall–Kier alpha value is -2.70. The van der Waals surface area contributed by atoms with E-state index in [9.17, 15) is 14.4 Å². The molecule has 1 saturated carbocycles. The van der Waals surface area contributed by atoms with Crippen molar-refractivity contribution in [1.29, 1.82) is 0 Å². The van der Waals surface area contributed by atoms with Gasteiger partial charge in [-0.15, -0.1) is 0 Å². The zero-order valence-electron chi connectivity index (χ0n) is 13.4. The summed E-state index contributed by atoms with van der Waals surface area (Å²) in [5.74, 6) is -1.35. The van der Waals surface area contributed by atoms with Gasteiger partial charge in [0.2, 0.25) is 5.91 Å². The first-order valence-electron chi connectivity index (χ1n) is 7.94. The molecule has 2 aromatic rings. The van der Waals surface area contributed by atoms with Gasteiger partial charge in [0.1, 0.15) is 6.04 Å². The zero-order chi connectivity index (χ0) is 17.3. The van der Waals surface area contributed by atoms with Gasteiger partial charge in [-0.2, -0.15) is 0 Å². The molecular weight excluding hydrogens is 310 g/mol. The lowest BCUT2D eigenvalue weighted by molar-refractivity contribution is -0.142. The van der Waals surface area contributed by atoms with E-state index in [1.54, 1.807) is 12.1 Å². The molecule has 1 aromatic carbocycles. The molecule has 7 nitrogen and oxygen atoms in total. The molecule has 1 fully saturated rings. The number of aliphatic carboxylic acids is 1. The van der Waals surface area contributed by atoms with Crippen molar-refractivity contribution < 1.29 is 14.7 Å². The summed E-state index contributed by atoms with van der Waals surface area (Å²) in [7, 11) is 0. The molecule has 7 heteroatoms. The lowest BCUT2D eigenvalue weighted by atomic mass is 10.1. The van der Waals surface area contributed by atoms with E-state index >= 15 is 0 Å². The van der Waals surface area contributed by atoms with Crippen molar-refractivity contribution in [2.75, 3.05) is 0 Å². The maximum absolute atomic E-state index is 12.4. The molecule has 0 aliphatic heterocycles. The van der Waals surface area contributed by atoms with Gasteiger partial charge in [0, 0.05) is 13.0 Å². The van der Waals surface area contributed by atoms with Crippen molar-refractivity contribution in [2.24, 2.45) is 5.92 Å². The van der Waals surface area contributed by atoms with E-state index in [0.717, 1.165) is 18.4 Å². The van der Waals surface area contributed by atoms with Gasteiger partial charge in [0.15, 0.2) is 0 Å². The summed E-state index contributed by atoms with van der Waals surface area (Å²) in [6.07, 6.45) is 3.12. The summed E-state index contributed by atoms with van der Waals surface area (Å²) in [6, 6.07) is 4.56. The molecule has 1 atom stereocenters. The lowest BCUT2D eigenvalue weighted by Crippen LogP contribution is -2.42. The molecule has 1 heterocycles. The minimum absolute atomic E-state index is 0.0273. The molecule has 126 valence electrons. The molecule has 1 aromatic heterocycles. The van der Waals surface area contributed by atoms with Gasteiger partial charge in [-0.3, -0.25) is 14.2 Å². The van der Waals surface area contributed by atoms with E-state index in [1.807, 2.05) is 13.0 Å². The van der Waals surface area contributed by atoms with E-state index in [2.05, 4.69) is 10.3 Å². The van der Waals surface area contributed by atoms with Crippen molar-refractivity contribution in [1.82, 2.24) is 14.9 Å². The second kappa shape index (κ2) is 6.43. The molecule has 1 unspecified atom stereocenters. The van der Waals surface area contributed by atoms with Crippen LogP contribution in [-0.2, 0) is 16.1 Å². The van der Waals surface area contributed by atoms with Crippen LogP contribution in [0.2, 0.25) is 0 Å². The van der Waals surface area contributed by atoms with E-state index in [0.29, 0.717) is 10.9 Å². The minimum atomic E-state index is -1.01. The number of rotatable bonds is 6. The number of fused-ring (bicyclic) bond motifs is 1. The van der Waals surface area contributed by atoms with Gasteiger partial charge in [-0.05, 0) is 37.3 Å². The van der Waals surface area contributed by atoms with Gasteiger partial charge < -0.3 is 10.4 Å². The van der Waals surface area contributed by atoms with Crippen molar-refractivity contribution in [2.45, 2.75) is 38.8 Å². The van der Waals surface area contributed by atoms with E-state index < -0.39 is 12.0 Å². The summed E-state index contributed by atoms with van der Waals surface area (Å²) in [4.78, 5) is 39.8. The Kier molecular flexibility index (Phi) is 4.33. The average molecular weight is 329 g/mol. The Bertz CT molecular complexity index is 855. The topological polar surface area (TPSA) is 101 Å². The Balaban J connectivity index is 1.69. The number of aryl methyl sites for hydroxylation is 2. The van der Waals surface area contributed by atoms with Gasteiger partial charge in [-0.25, -0.2) is 9.78 Å². The summed E-state index contributed by atoms with van der Waals surface area (Å²) < 4.78 is 1.38. The van der Waals surface area contributed by atoms with Crippen LogP contribution in [0.15, 0.2) is 29.3 Å². The number of aromatic nitrogens is 2. The number of carbonyl (C=O) groups excluding carboxylic acids is 1. The maximum Gasteiger partial charge on any atom is 0.326 e. The first kappa shape index (κ1) is 16.2. The molecule has 0 radical (unpaired) electrons. The number of nitrogens with zero attached hydrogens (tertiary/aromatic N) is 2. The van der Waals surface area contributed by atoms with Crippen molar-refractivity contribution in [3.63, 3.8) is 0 Å². The van der Waals surface area contributed by atoms with Gasteiger partial charge in [0.05, 0.1) is 17.2 Å². The van der Waals surface area contributed by atoms with Gasteiger partial charge in [0.25, 0.3) is 5.56 Å². The Morgan fingerprint density at radius 3 is 2.83 bits per heavy atom. The number of amides is 1. The Morgan fingerprint density at radius 2 is 2.17 bits per heavy atom.